The van der Waals surface area contributed by atoms with E-state index in [-0.39, 0.29) is 11.9 Å². The number of hydrogen-bond donors (Lipinski definition) is 2. The van der Waals surface area contributed by atoms with Gasteiger partial charge in [0.1, 0.15) is 0 Å². The van der Waals surface area contributed by atoms with Crippen LogP contribution < -0.4 is 10.6 Å². The summed E-state index contributed by atoms with van der Waals surface area (Å²) < 4.78 is 0. The van der Waals surface area contributed by atoms with E-state index in [4.69, 9.17) is 0 Å². The van der Waals surface area contributed by atoms with Gasteiger partial charge >= 0.3 is 6.03 Å². The van der Waals surface area contributed by atoms with Gasteiger partial charge in [-0.1, -0.05) is 6.07 Å². The molecule has 2 N–H and O–H groups in total. The highest BCUT2D eigenvalue weighted by atomic mass is 16.2. The number of rotatable bonds is 4. The van der Waals surface area contributed by atoms with E-state index in [1.165, 1.54) is 0 Å². The maximum Gasteiger partial charge on any atom is 0.319 e. The second-order valence-corrected chi connectivity index (χ2v) is 7.18. The Morgan fingerprint density at radius 3 is 2.33 bits per heavy atom. The summed E-state index contributed by atoms with van der Waals surface area (Å²) in [5.74, 6) is 0.438. The zero-order chi connectivity index (χ0) is 19.2. The van der Waals surface area contributed by atoms with E-state index in [2.05, 4.69) is 21.7 Å². The van der Waals surface area contributed by atoms with Crippen molar-refractivity contribution in [3.8, 4) is 0 Å². The van der Waals surface area contributed by atoms with Crippen molar-refractivity contribution in [3.63, 3.8) is 0 Å². The number of benzene rings is 1. The number of pyridine rings is 1. The van der Waals surface area contributed by atoms with Crippen LogP contribution in [0.2, 0.25) is 0 Å². The molecular weight excluding hydrogens is 340 g/mol. The number of aryl methyl sites for hydroxylation is 2. The van der Waals surface area contributed by atoms with Crippen molar-refractivity contribution in [2.24, 2.45) is 5.92 Å². The lowest BCUT2D eigenvalue weighted by Gasteiger charge is -2.32. The van der Waals surface area contributed by atoms with Crippen molar-refractivity contribution >= 4 is 17.6 Å². The van der Waals surface area contributed by atoms with Crippen molar-refractivity contribution in [1.82, 2.24) is 15.2 Å². The maximum atomic E-state index is 12.4. The summed E-state index contributed by atoms with van der Waals surface area (Å²) in [5.41, 5.74) is 3.73. The Labute approximate surface area is 160 Å². The molecule has 3 rings (SSSR count). The predicted octanol–water partition coefficient (Wildman–Crippen LogP) is 3.37. The van der Waals surface area contributed by atoms with E-state index in [1.807, 2.05) is 30.9 Å². The second-order valence-electron chi connectivity index (χ2n) is 7.18. The fourth-order valence-corrected chi connectivity index (χ4v) is 3.48. The molecule has 1 saturated heterocycles. The number of amides is 3. The zero-order valence-corrected chi connectivity index (χ0v) is 15.9. The molecule has 1 aliphatic heterocycles. The number of nitrogens with zero attached hydrogens (tertiary/aromatic N) is 2. The van der Waals surface area contributed by atoms with Crippen LogP contribution in [0.3, 0.4) is 0 Å². The van der Waals surface area contributed by atoms with E-state index in [0.29, 0.717) is 31.1 Å². The number of nitrogens with one attached hydrogen (secondary N) is 2. The van der Waals surface area contributed by atoms with Crippen molar-refractivity contribution in [2.75, 3.05) is 25.0 Å². The minimum atomic E-state index is -0.185. The summed E-state index contributed by atoms with van der Waals surface area (Å²) in [6.45, 7) is 6.07. The summed E-state index contributed by atoms with van der Waals surface area (Å²) >= 11 is 0. The minimum Gasteiger partial charge on any atom is -0.339 e. The van der Waals surface area contributed by atoms with Gasteiger partial charge < -0.3 is 15.5 Å². The number of aromatic nitrogens is 1. The van der Waals surface area contributed by atoms with E-state index in [0.717, 1.165) is 29.7 Å². The summed E-state index contributed by atoms with van der Waals surface area (Å²) in [5, 5.41) is 5.84. The average Bonchev–Trinajstić information content (AvgIpc) is 2.66. The van der Waals surface area contributed by atoms with Crippen molar-refractivity contribution in [3.05, 3.63) is 59.4 Å². The third-order valence-electron chi connectivity index (χ3n) is 4.86. The van der Waals surface area contributed by atoms with Crippen molar-refractivity contribution < 1.29 is 9.59 Å². The molecule has 0 saturated carbocycles. The first-order valence-electron chi connectivity index (χ1n) is 9.34. The van der Waals surface area contributed by atoms with Gasteiger partial charge in [-0.2, -0.15) is 0 Å². The molecule has 0 radical (unpaired) electrons. The molecule has 27 heavy (non-hydrogen) atoms. The topological polar surface area (TPSA) is 74.3 Å². The van der Waals surface area contributed by atoms with Crippen LogP contribution >= 0.6 is 0 Å². The Balaban J connectivity index is 1.43. The molecular formula is C21H26N4O2. The lowest BCUT2D eigenvalue weighted by Crippen LogP contribution is -2.42. The van der Waals surface area contributed by atoms with Crippen LogP contribution in [0.25, 0.3) is 0 Å². The summed E-state index contributed by atoms with van der Waals surface area (Å²) in [7, 11) is 0. The van der Waals surface area contributed by atoms with Gasteiger partial charge in [-0.15, -0.1) is 0 Å². The second kappa shape index (κ2) is 8.66. The summed E-state index contributed by atoms with van der Waals surface area (Å²) in [6.07, 6.45) is 5.05. The Bertz CT molecular complexity index is 779. The number of likely N-dealkylation sites (tertiary alicyclic amines) is 1. The first kappa shape index (κ1) is 18.9. The van der Waals surface area contributed by atoms with E-state index < -0.39 is 0 Å². The number of anilines is 1. The monoisotopic (exact) mass is 366 g/mol. The van der Waals surface area contributed by atoms with Gasteiger partial charge in [0.25, 0.3) is 5.91 Å². The molecule has 0 aliphatic carbocycles. The molecule has 0 unspecified atom stereocenters. The van der Waals surface area contributed by atoms with Gasteiger partial charge in [-0.25, -0.2) is 4.79 Å². The fraction of sp³-hybridized carbons (Fsp3) is 0.381. The quantitative estimate of drug-likeness (QED) is 0.871. The molecule has 0 spiro atoms. The largest absolute Gasteiger partial charge is 0.339 e. The Morgan fingerprint density at radius 2 is 1.70 bits per heavy atom. The van der Waals surface area contributed by atoms with Gasteiger partial charge in [0, 0.05) is 43.3 Å². The third kappa shape index (κ3) is 5.29. The molecule has 0 bridgehead atoms. The van der Waals surface area contributed by atoms with Crippen LogP contribution in [-0.2, 0) is 0 Å². The zero-order valence-electron chi connectivity index (χ0n) is 15.9. The van der Waals surface area contributed by atoms with Crippen molar-refractivity contribution in [2.45, 2.75) is 26.7 Å². The Kier molecular flexibility index (Phi) is 6.06. The highest BCUT2D eigenvalue weighted by Gasteiger charge is 2.23. The average molecular weight is 366 g/mol. The minimum absolute atomic E-state index is 0.0522. The molecule has 2 aromatic rings. The number of carbonyl (C=O) groups excluding carboxylic acids is 2. The normalized spacial score (nSPS) is 14.7. The molecule has 1 aliphatic rings. The van der Waals surface area contributed by atoms with Crippen molar-refractivity contribution in [1.29, 1.82) is 0 Å². The van der Waals surface area contributed by atoms with E-state index in [9.17, 15) is 9.59 Å². The molecule has 1 fully saturated rings. The van der Waals surface area contributed by atoms with Gasteiger partial charge in [-0.05, 0) is 68.0 Å². The lowest BCUT2D eigenvalue weighted by molar-refractivity contribution is 0.0690. The highest BCUT2D eigenvalue weighted by molar-refractivity contribution is 5.94. The molecule has 142 valence electrons. The molecule has 2 heterocycles. The van der Waals surface area contributed by atoms with Crippen LogP contribution in [-0.4, -0.2) is 41.5 Å². The number of piperidine rings is 1. The molecule has 0 atom stereocenters. The van der Waals surface area contributed by atoms with Crippen LogP contribution in [0.15, 0.2) is 42.7 Å². The standard InChI is InChI=1S/C21H26N4O2/c1-15-11-16(2)13-19(12-15)24-21(27)23-14-17-5-9-25(10-6-17)20(26)18-3-7-22-8-4-18/h3-4,7-8,11-13,17H,5-6,9-10,14H2,1-2H3,(H2,23,24,27). The molecule has 6 heteroatoms. The molecule has 3 amide bonds. The summed E-state index contributed by atoms with van der Waals surface area (Å²) in [4.78, 5) is 30.4. The number of urea groups is 1. The molecule has 6 nitrogen and oxygen atoms in total. The maximum absolute atomic E-state index is 12.4. The molecule has 1 aromatic carbocycles. The highest BCUT2D eigenvalue weighted by Crippen LogP contribution is 2.19. The Morgan fingerprint density at radius 1 is 1.07 bits per heavy atom. The number of carbonyl (C=O) groups is 2. The van der Waals surface area contributed by atoms with Gasteiger partial charge in [0.05, 0.1) is 0 Å². The van der Waals surface area contributed by atoms with E-state index >= 15 is 0 Å². The van der Waals surface area contributed by atoms with Gasteiger partial charge in [0.15, 0.2) is 0 Å². The smallest absolute Gasteiger partial charge is 0.319 e. The first-order valence-corrected chi connectivity index (χ1v) is 9.34. The van der Waals surface area contributed by atoms with Crippen LogP contribution in [0, 0.1) is 19.8 Å². The first-order chi connectivity index (χ1) is 13.0. The van der Waals surface area contributed by atoms with Crippen LogP contribution in [0.5, 0.6) is 0 Å². The Hall–Kier alpha value is -2.89. The van der Waals surface area contributed by atoms with Crippen LogP contribution in [0.1, 0.15) is 34.3 Å². The fourth-order valence-electron chi connectivity index (χ4n) is 3.48. The van der Waals surface area contributed by atoms with Gasteiger partial charge in [-0.3, -0.25) is 9.78 Å². The van der Waals surface area contributed by atoms with Crippen LogP contribution in [0.4, 0.5) is 10.5 Å². The summed E-state index contributed by atoms with van der Waals surface area (Å²) in [6, 6.07) is 9.28. The molecule has 1 aromatic heterocycles. The van der Waals surface area contributed by atoms with E-state index in [1.54, 1.807) is 24.5 Å². The third-order valence-corrected chi connectivity index (χ3v) is 4.86. The van der Waals surface area contributed by atoms with Gasteiger partial charge in [0.2, 0.25) is 0 Å². The predicted molar refractivity (Wildman–Crippen MR) is 106 cm³/mol. The lowest BCUT2D eigenvalue weighted by atomic mass is 9.96. The number of hydrogen-bond acceptors (Lipinski definition) is 3. The SMILES string of the molecule is Cc1cc(C)cc(NC(=O)NCC2CCN(C(=O)c3ccncc3)CC2)c1.